The van der Waals surface area contributed by atoms with Gasteiger partial charge in [-0.05, 0) is 44.2 Å². The maximum Gasteiger partial charge on any atom is 0.340 e. The van der Waals surface area contributed by atoms with Crippen LogP contribution in [0.15, 0.2) is 28.3 Å². The van der Waals surface area contributed by atoms with Crippen molar-refractivity contribution >= 4 is 28.6 Å². The van der Waals surface area contributed by atoms with Crippen LogP contribution in [0.3, 0.4) is 0 Å². The summed E-state index contributed by atoms with van der Waals surface area (Å²) in [5, 5.41) is 7.02. The van der Waals surface area contributed by atoms with Gasteiger partial charge in [0, 0.05) is 33.8 Å². The van der Waals surface area contributed by atoms with Gasteiger partial charge in [-0.25, -0.2) is 9.78 Å². The van der Waals surface area contributed by atoms with Gasteiger partial charge in [0.15, 0.2) is 0 Å². The summed E-state index contributed by atoms with van der Waals surface area (Å²) in [4.78, 5) is 17.0. The van der Waals surface area contributed by atoms with Crippen molar-refractivity contribution in [2.24, 2.45) is 0 Å². The van der Waals surface area contributed by atoms with E-state index >= 15 is 0 Å². The number of thiazole rings is 1. The van der Waals surface area contributed by atoms with Crippen molar-refractivity contribution in [1.29, 1.82) is 0 Å². The lowest BCUT2D eigenvalue weighted by atomic mass is 10.2. The van der Waals surface area contributed by atoms with Crippen LogP contribution < -0.4 is 0 Å². The Bertz CT molecular complexity index is 873. The van der Waals surface area contributed by atoms with Gasteiger partial charge >= 0.3 is 5.97 Å². The molecule has 124 valence electrons. The quantitative estimate of drug-likeness (QED) is 0.604. The van der Waals surface area contributed by atoms with Crippen molar-refractivity contribution in [2.75, 3.05) is 0 Å². The molecule has 4 nitrogen and oxygen atoms in total. The van der Waals surface area contributed by atoms with Crippen LogP contribution in [-0.2, 0) is 11.3 Å². The van der Waals surface area contributed by atoms with Gasteiger partial charge in [0.2, 0.25) is 0 Å². The normalized spacial score (nSPS) is 14.1. The molecule has 0 saturated heterocycles. The average molecular weight is 358 g/mol. The molecule has 24 heavy (non-hydrogen) atoms. The Morgan fingerprint density at radius 1 is 1.38 bits per heavy atom. The van der Waals surface area contributed by atoms with Crippen molar-refractivity contribution < 1.29 is 9.53 Å². The molecule has 0 amide bonds. The average Bonchev–Trinajstić information content (AvgIpc) is 3.01. The lowest BCUT2D eigenvalue weighted by Crippen LogP contribution is -2.07. The molecule has 3 aromatic rings. The van der Waals surface area contributed by atoms with Crippen molar-refractivity contribution in [2.45, 2.75) is 39.3 Å². The Morgan fingerprint density at radius 3 is 2.92 bits per heavy atom. The molecule has 0 bridgehead atoms. The minimum Gasteiger partial charge on any atom is -0.455 e. The molecule has 0 atom stereocenters. The number of hydrogen-bond donors (Lipinski definition) is 0. The van der Waals surface area contributed by atoms with E-state index in [1.54, 1.807) is 22.7 Å². The first-order valence-corrected chi connectivity index (χ1v) is 9.78. The second-order valence-corrected chi connectivity index (χ2v) is 7.76. The summed E-state index contributed by atoms with van der Waals surface area (Å²) in [6.07, 6.45) is 2.41. The molecule has 0 spiro atoms. The summed E-state index contributed by atoms with van der Waals surface area (Å²) in [6, 6.07) is 4.55. The van der Waals surface area contributed by atoms with Gasteiger partial charge in [0.1, 0.15) is 11.6 Å². The molecule has 1 saturated carbocycles. The number of rotatable bonds is 5. The lowest BCUT2D eigenvalue weighted by Gasteiger charge is -2.07. The van der Waals surface area contributed by atoms with Crippen LogP contribution in [0.4, 0.5) is 0 Å². The number of aromatic nitrogens is 2. The van der Waals surface area contributed by atoms with E-state index in [2.05, 4.69) is 21.9 Å². The monoisotopic (exact) mass is 358 g/mol. The first-order chi connectivity index (χ1) is 11.6. The fourth-order valence-corrected chi connectivity index (χ4v) is 4.50. The molecule has 3 heterocycles. The molecule has 1 fully saturated rings. The molecule has 0 radical (unpaired) electrons. The Hall–Kier alpha value is -1.92. The number of esters is 1. The summed E-state index contributed by atoms with van der Waals surface area (Å²) in [5.74, 6) is -0.264. The summed E-state index contributed by atoms with van der Waals surface area (Å²) in [7, 11) is 0. The number of ether oxygens (including phenoxy) is 1. The molecular weight excluding hydrogens is 340 g/mol. The minimum absolute atomic E-state index is 0.215. The predicted octanol–water partition coefficient (Wildman–Crippen LogP) is 4.98. The van der Waals surface area contributed by atoms with E-state index in [9.17, 15) is 4.79 Å². The highest BCUT2D eigenvalue weighted by atomic mass is 32.1. The Balaban J connectivity index is 1.44. The number of carbonyl (C=O) groups excluding carboxylic acids is 1. The van der Waals surface area contributed by atoms with E-state index in [1.807, 2.05) is 29.8 Å². The summed E-state index contributed by atoms with van der Waals surface area (Å²) in [6.45, 7) is 4.27. The van der Waals surface area contributed by atoms with E-state index in [0.29, 0.717) is 11.6 Å². The van der Waals surface area contributed by atoms with E-state index in [-0.39, 0.29) is 12.6 Å². The molecule has 1 aliphatic carbocycles. The SMILES string of the molecule is Cc1cc(C(=O)OCc2csc(-c3ccsc3)n2)c(C)n1C1CC1. The highest BCUT2D eigenvalue weighted by molar-refractivity contribution is 7.14. The van der Waals surface area contributed by atoms with Crippen LogP contribution in [-0.4, -0.2) is 15.5 Å². The van der Waals surface area contributed by atoms with Gasteiger partial charge in [-0.2, -0.15) is 11.3 Å². The summed E-state index contributed by atoms with van der Waals surface area (Å²) >= 11 is 3.23. The van der Waals surface area contributed by atoms with E-state index in [4.69, 9.17) is 4.74 Å². The highest BCUT2D eigenvalue weighted by Crippen LogP contribution is 2.38. The third kappa shape index (κ3) is 2.91. The number of thiophene rings is 1. The van der Waals surface area contributed by atoms with E-state index in [0.717, 1.165) is 27.7 Å². The number of aryl methyl sites for hydroxylation is 1. The van der Waals surface area contributed by atoms with Crippen LogP contribution >= 0.6 is 22.7 Å². The van der Waals surface area contributed by atoms with Gasteiger partial charge in [0.05, 0.1) is 11.3 Å². The van der Waals surface area contributed by atoms with Crippen molar-refractivity contribution in [3.05, 3.63) is 50.9 Å². The molecule has 1 aliphatic rings. The molecular formula is C18H18N2O2S2. The molecule has 6 heteroatoms. The predicted molar refractivity (Wildman–Crippen MR) is 96.7 cm³/mol. The van der Waals surface area contributed by atoms with Crippen LogP contribution in [0, 0.1) is 13.8 Å². The van der Waals surface area contributed by atoms with Crippen molar-refractivity contribution in [3.63, 3.8) is 0 Å². The van der Waals surface area contributed by atoms with Gasteiger partial charge in [-0.15, -0.1) is 11.3 Å². The van der Waals surface area contributed by atoms with Gasteiger partial charge in [-0.1, -0.05) is 0 Å². The molecule has 4 rings (SSSR count). The topological polar surface area (TPSA) is 44.1 Å². The van der Waals surface area contributed by atoms with Crippen molar-refractivity contribution in [1.82, 2.24) is 9.55 Å². The standard InChI is InChI=1S/C18H18N2O2S2/c1-11-7-16(12(2)20(11)15-3-4-15)18(21)22-8-14-10-24-17(19-14)13-5-6-23-9-13/h5-7,9-10,15H,3-4,8H2,1-2H3. The maximum atomic E-state index is 12.4. The van der Waals surface area contributed by atoms with Gasteiger partial charge in [-0.3, -0.25) is 0 Å². The van der Waals surface area contributed by atoms with Gasteiger partial charge in [0.25, 0.3) is 0 Å². The highest BCUT2D eigenvalue weighted by Gasteiger charge is 2.28. The summed E-state index contributed by atoms with van der Waals surface area (Å²) in [5.41, 5.74) is 4.74. The number of hydrogen-bond acceptors (Lipinski definition) is 5. The maximum absolute atomic E-state index is 12.4. The molecule has 0 N–H and O–H groups in total. The Morgan fingerprint density at radius 2 is 2.21 bits per heavy atom. The lowest BCUT2D eigenvalue weighted by molar-refractivity contribution is 0.0467. The van der Waals surface area contributed by atoms with Crippen molar-refractivity contribution in [3.8, 4) is 10.6 Å². The third-order valence-corrected chi connectivity index (χ3v) is 5.91. The zero-order valence-electron chi connectivity index (χ0n) is 13.6. The number of nitrogens with zero attached hydrogens (tertiary/aromatic N) is 2. The molecule has 3 aromatic heterocycles. The first kappa shape index (κ1) is 15.6. The first-order valence-electron chi connectivity index (χ1n) is 7.96. The molecule has 0 unspecified atom stereocenters. The zero-order valence-corrected chi connectivity index (χ0v) is 15.2. The fourth-order valence-electron chi connectivity index (χ4n) is 2.99. The van der Waals surface area contributed by atoms with E-state index in [1.165, 1.54) is 12.8 Å². The smallest absolute Gasteiger partial charge is 0.340 e. The Labute approximate surface area is 148 Å². The van der Waals surface area contributed by atoms with Crippen LogP contribution in [0.1, 0.15) is 46.3 Å². The molecule has 0 aliphatic heterocycles. The zero-order chi connectivity index (χ0) is 16.7. The minimum atomic E-state index is -0.264. The van der Waals surface area contributed by atoms with Gasteiger partial charge < -0.3 is 9.30 Å². The second-order valence-electron chi connectivity index (χ2n) is 6.12. The number of carbonyl (C=O) groups is 1. The molecule has 0 aromatic carbocycles. The summed E-state index contributed by atoms with van der Waals surface area (Å²) < 4.78 is 7.75. The Kier molecular flexibility index (Phi) is 4.02. The van der Waals surface area contributed by atoms with Crippen LogP contribution in [0.25, 0.3) is 10.6 Å². The van der Waals surface area contributed by atoms with E-state index < -0.39 is 0 Å². The van der Waals surface area contributed by atoms with Crippen LogP contribution in [0.2, 0.25) is 0 Å². The third-order valence-electron chi connectivity index (χ3n) is 4.29. The largest absolute Gasteiger partial charge is 0.455 e. The van der Waals surface area contributed by atoms with Crippen LogP contribution in [0.5, 0.6) is 0 Å². The fraction of sp³-hybridized carbons (Fsp3) is 0.333. The second kappa shape index (κ2) is 6.18.